The van der Waals surface area contributed by atoms with Gasteiger partial charge in [0.1, 0.15) is 11.6 Å². The summed E-state index contributed by atoms with van der Waals surface area (Å²) < 4.78 is 52.8. The van der Waals surface area contributed by atoms with Crippen molar-refractivity contribution in [3.05, 3.63) is 35.4 Å². The number of hydrogen-bond donors (Lipinski definition) is 2. The molecule has 1 aromatic carbocycles. The summed E-state index contributed by atoms with van der Waals surface area (Å²) in [5.41, 5.74) is -0.907. The summed E-state index contributed by atoms with van der Waals surface area (Å²) in [7, 11) is -3.84. The molecule has 1 aromatic rings. The maximum absolute atomic E-state index is 13.4. The number of rotatable bonds is 7. The molecule has 7 heteroatoms. The normalized spacial score (nSPS) is 12.7. The van der Waals surface area contributed by atoms with Crippen LogP contribution in [0.4, 0.5) is 8.78 Å². The van der Waals surface area contributed by atoms with Gasteiger partial charge in [-0.2, -0.15) is 0 Å². The minimum absolute atomic E-state index is 0.0589. The molecule has 0 amide bonds. The lowest BCUT2D eigenvalue weighted by Crippen LogP contribution is -2.35. The van der Waals surface area contributed by atoms with Gasteiger partial charge in [-0.1, -0.05) is 19.9 Å². The van der Waals surface area contributed by atoms with Crippen molar-refractivity contribution < 1.29 is 22.3 Å². The highest BCUT2D eigenvalue weighted by Crippen LogP contribution is 2.20. The Morgan fingerprint density at radius 2 is 1.80 bits per heavy atom. The van der Waals surface area contributed by atoms with E-state index in [0.717, 1.165) is 12.1 Å². The van der Waals surface area contributed by atoms with Gasteiger partial charge in [0.05, 0.1) is 5.75 Å². The van der Waals surface area contributed by atoms with Gasteiger partial charge in [-0.3, -0.25) is 0 Å². The van der Waals surface area contributed by atoms with E-state index in [0.29, 0.717) is 6.42 Å². The summed E-state index contributed by atoms with van der Waals surface area (Å²) >= 11 is 0. The van der Waals surface area contributed by atoms with E-state index in [1.165, 1.54) is 6.07 Å². The molecule has 0 aliphatic carbocycles. The third-order valence-corrected chi connectivity index (χ3v) is 4.21. The lowest BCUT2D eigenvalue weighted by molar-refractivity contribution is 0.213. The van der Waals surface area contributed by atoms with Crippen LogP contribution in [0, 0.1) is 17.0 Å². The van der Waals surface area contributed by atoms with Gasteiger partial charge in [0, 0.05) is 18.7 Å². The van der Waals surface area contributed by atoms with Gasteiger partial charge in [0.15, 0.2) is 0 Å². The van der Waals surface area contributed by atoms with Crippen molar-refractivity contribution in [2.75, 3.05) is 13.2 Å². The fourth-order valence-corrected chi connectivity index (χ4v) is 2.98. The second kappa shape index (κ2) is 6.60. The van der Waals surface area contributed by atoms with Crippen molar-refractivity contribution in [2.45, 2.75) is 26.0 Å². The van der Waals surface area contributed by atoms with Gasteiger partial charge in [0.2, 0.25) is 10.0 Å². The summed E-state index contributed by atoms with van der Waals surface area (Å²) in [6.45, 7) is 3.60. The van der Waals surface area contributed by atoms with Crippen LogP contribution in [-0.2, 0) is 15.8 Å². The molecular weight excluding hydrogens is 288 g/mol. The average molecular weight is 307 g/mol. The van der Waals surface area contributed by atoms with Gasteiger partial charge >= 0.3 is 0 Å². The molecule has 4 nitrogen and oxygen atoms in total. The van der Waals surface area contributed by atoms with E-state index in [4.69, 9.17) is 5.11 Å². The molecule has 0 fully saturated rings. The Labute approximate surface area is 117 Å². The van der Waals surface area contributed by atoms with E-state index in [-0.39, 0.29) is 13.2 Å². The zero-order chi connectivity index (χ0) is 15.4. The van der Waals surface area contributed by atoms with E-state index in [1.54, 1.807) is 13.8 Å². The predicted octanol–water partition coefficient (Wildman–Crippen LogP) is 1.79. The van der Waals surface area contributed by atoms with Crippen molar-refractivity contribution >= 4 is 10.0 Å². The van der Waals surface area contributed by atoms with E-state index in [1.807, 2.05) is 0 Å². The Morgan fingerprint density at radius 3 is 2.30 bits per heavy atom. The predicted molar refractivity (Wildman–Crippen MR) is 72.5 cm³/mol. The van der Waals surface area contributed by atoms with Crippen molar-refractivity contribution in [2.24, 2.45) is 5.41 Å². The number of halogens is 2. The van der Waals surface area contributed by atoms with Crippen molar-refractivity contribution in [3.8, 4) is 0 Å². The third kappa shape index (κ3) is 5.15. The standard InChI is InChI=1S/C13H19F2NO3S/c1-13(2,6-7-17)9-16-20(18,19)8-10-11(14)4-3-5-12(10)15/h3-5,16-17H,6-9H2,1-2H3. The molecule has 0 heterocycles. The van der Waals surface area contributed by atoms with Gasteiger partial charge in [-0.25, -0.2) is 21.9 Å². The molecule has 0 spiro atoms. The molecule has 0 aromatic heterocycles. The highest BCUT2D eigenvalue weighted by Gasteiger charge is 2.23. The first-order chi connectivity index (χ1) is 9.17. The van der Waals surface area contributed by atoms with Gasteiger partial charge in [-0.05, 0) is 24.0 Å². The quantitative estimate of drug-likeness (QED) is 0.807. The fraction of sp³-hybridized carbons (Fsp3) is 0.538. The SMILES string of the molecule is CC(C)(CCO)CNS(=O)(=O)Cc1c(F)cccc1F. The Morgan fingerprint density at radius 1 is 1.25 bits per heavy atom. The monoisotopic (exact) mass is 307 g/mol. The summed E-state index contributed by atoms with van der Waals surface area (Å²) in [4.78, 5) is 0. The first-order valence-electron chi connectivity index (χ1n) is 6.18. The van der Waals surface area contributed by atoms with Crippen LogP contribution in [0.15, 0.2) is 18.2 Å². The van der Waals surface area contributed by atoms with Crippen LogP contribution in [-0.4, -0.2) is 26.7 Å². The van der Waals surface area contributed by atoms with Crippen molar-refractivity contribution in [3.63, 3.8) is 0 Å². The Hall–Kier alpha value is -1.05. The first-order valence-corrected chi connectivity index (χ1v) is 7.83. The van der Waals surface area contributed by atoms with Crippen LogP contribution >= 0.6 is 0 Å². The van der Waals surface area contributed by atoms with Crippen molar-refractivity contribution in [1.29, 1.82) is 0 Å². The van der Waals surface area contributed by atoms with Crippen LogP contribution in [0.2, 0.25) is 0 Å². The average Bonchev–Trinajstić information content (AvgIpc) is 2.32. The second-order valence-corrected chi connectivity index (χ2v) is 7.23. The van der Waals surface area contributed by atoms with Gasteiger partial charge in [-0.15, -0.1) is 0 Å². The molecule has 0 saturated carbocycles. The Balaban J connectivity index is 2.76. The minimum atomic E-state index is -3.84. The zero-order valence-electron chi connectivity index (χ0n) is 11.5. The number of aliphatic hydroxyl groups excluding tert-OH is 1. The highest BCUT2D eigenvalue weighted by molar-refractivity contribution is 7.88. The summed E-state index contributed by atoms with van der Waals surface area (Å²) in [6, 6.07) is 3.21. The molecule has 0 saturated heterocycles. The Kier molecular flexibility index (Phi) is 5.61. The zero-order valence-corrected chi connectivity index (χ0v) is 12.3. The fourth-order valence-electron chi connectivity index (χ4n) is 1.61. The van der Waals surface area contributed by atoms with Crippen molar-refractivity contribution in [1.82, 2.24) is 4.72 Å². The number of aliphatic hydroxyl groups is 1. The maximum Gasteiger partial charge on any atom is 0.216 e. The maximum atomic E-state index is 13.4. The summed E-state index contributed by atoms with van der Waals surface area (Å²) in [5.74, 6) is -2.52. The van der Waals surface area contributed by atoms with E-state index in [9.17, 15) is 17.2 Å². The lowest BCUT2D eigenvalue weighted by atomic mass is 9.90. The van der Waals surface area contributed by atoms with Crippen LogP contribution in [0.25, 0.3) is 0 Å². The highest BCUT2D eigenvalue weighted by atomic mass is 32.2. The summed E-state index contributed by atoms with van der Waals surface area (Å²) in [6.07, 6.45) is 0.420. The molecule has 2 N–H and O–H groups in total. The topological polar surface area (TPSA) is 66.4 Å². The number of hydrogen-bond acceptors (Lipinski definition) is 3. The molecule has 20 heavy (non-hydrogen) atoms. The van der Waals surface area contributed by atoms with Gasteiger partial charge in [0.25, 0.3) is 0 Å². The molecular formula is C13H19F2NO3S. The number of nitrogens with one attached hydrogen (secondary N) is 1. The van der Waals surface area contributed by atoms with Crippen LogP contribution in [0.5, 0.6) is 0 Å². The van der Waals surface area contributed by atoms with Crippen LogP contribution in [0.3, 0.4) is 0 Å². The third-order valence-electron chi connectivity index (χ3n) is 2.96. The van der Waals surface area contributed by atoms with Crippen LogP contribution < -0.4 is 4.72 Å². The first kappa shape index (κ1) is 17.0. The van der Waals surface area contributed by atoms with Gasteiger partial charge < -0.3 is 5.11 Å². The van der Waals surface area contributed by atoms with E-state index in [2.05, 4.69) is 4.72 Å². The lowest BCUT2D eigenvalue weighted by Gasteiger charge is -2.23. The number of benzene rings is 1. The largest absolute Gasteiger partial charge is 0.396 e. The second-order valence-electron chi connectivity index (χ2n) is 5.42. The minimum Gasteiger partial charge on any atom is -0.396 e. The molecule has 0 radical (unpaired) electrons. The smallest absolute Gasteiger partial charge is 0.216 e. The Bertz CT molecular complexity index is 538. The molecule has 0 bridgehead atoms. The molecule has 0 aliphatic heterocycles. The van der Waals surface area contributed by atoms with E-state index >= 15 is 0 Å². The molecule has 0 atom stereocenters. The molecule has 114 valence electrons. The molecule has 0 unspecified atom stereocenters. The molecule has 0 aliphatic rings. The number of sulfonamides is 1. The summed E-state index contributed by atoms with van der Waals surface area (Å²) in [5, 5.41) is 8.86. The van der Waals surface area contributed by atoms with E-state index < -0.39 is 38.4 Å². The molecule has 1 rings (SSSR count). The van der Waals surface area contributed by atoms with Crippen LogP contribution in [0.1, 0.15) is 25.8 Å².